The van der Waals surface area contributed by atoms with Gasteiger partial charge >= 0.3 is 5.97 Å². The largest absolute Gasteiger partial charge is 0.482 e. The Kier molecular flexibility index (Phi) is 6.58. The molecular weight excluding hydrogens is 361 g/mol. The van der Waals surface area contributed by atoms with E-state index in [0.29, 0.717) is 5.75 Å². The Morgan fingerprint density at radius 3 is 2.62 bits per heavy atom. The highest BCUT2D eigenvalue weighted by Gasteiger charge is 2.19. The van der Waals surface area contributed by atoms with E-state index in [1.807, 2.05) is 32.0 Å². The van der Waals surface area contributed by atoms with Crippen LogP contribution >= 0.6 is 11.6 Å². The SMILES string of the molecule is Cc1ccc(C)c(OCC(=O)O[C@H](C)C(=O)Nc2ccc(F)cc2Cl)c1. The summed E-state index contributed by atoms with van der Waals surface area (Å²) in [5, 5.41) is 2.53. The number of esters is 1. The highest BCUT2D eigenvalue weighted by Crippen LogP contribution is 2.23. The van der Waals surface area contributed by atoms with Gasteiger partial charge in [-0.05, 0) is 56.2 Å². The van der Waals surface area contributed by atoms with Crippen molar-refractivity contribution in [1.82, 2.24) is 0 Å². The number of carbonyl (C=O) groups is 2. The monoisotopic (exact) mass is 379 g/mol. The maximum Gasteiger partial charge on any atom is 0.344 e. The topological polar surface area (TPSA) is 64.6 Å². The molecule has 2 rings (SSSR count). The zero-order valence-corrected chi connectivity index (χ0v) is 15.4. The van der Waals surface area contributed by atoms with Gasteiger partial charge in [0, 0.05) is 0 Å². The maximum atomic E-state index is 13.0. The average Bonchev–Trinajstić information content (AvgIpc) is 2.58. The summed E-state index contributed by atoms with van der Waals surface area (Å²) in [4.78, 5) is 24.0. The molecule has 2 aromatic carbocycles. The van der Waals surface area contributed by atoms with Gasteiger partial charge in [-0.25, -0.2) is 9.18 Å². The first-order valence-electron chi connectivity index (χ1n) is 7.91. The second-order valence-electron chi connectivity index (χ2n) is 5.80. The quantitative estimate of drug-likeness (QED) is 0.769. The first-order chi connectivity index (χ1) is 12.3. The summed E-state index contributed by atoms with van der Waals surface area (Å²) in [6.07, 6.45) is -1.06. The maximum absolute atomic E-state index is 13.0. The molecule has 26 heavy (non-hydrogen) atoms. The van der Waals surface area contributed by atoms with Gasteiger partial charge in [0.15, 0.2) is 12.7 Å². The third kappa shape index (κ3) is 5.46. The summed E-state index contributed by atoms with van der Waals surface area (Å²) >= 11 is 5.85. The number of nitrogens with one attached hydrogen (secondary N) is 1. The molecule has 0 aliphatic carbocycles. The number of anilines is 1. The van der Waals surface area contributed by atoms with E-state index in [4.69, 9.17) is 21.1 Å². The number of rotatable bonds is 6. The zero-order valence-electron chi connectivity index (χ0n) is 14.6. The van der Waals surface area contributed by atoms with Crippen molar-refractivity contribution in [1.29, 1.82) is 0 Å². The molecule has 0 saturated carbocycles. The van der Waals surface area contributed by atoms with Gasteiger partial charge in [0.2, 0.25) is 0 Å². The molecule has 0 saturated heterocycles. The van der Waals surface area contributed by atoms with Crippen molar-refractivity contribution in [3.8, 4) is 5.75 Å². The first-order valence-corrected chi connectivity index (χ1v) is 8.29. The molecule has 0 heterocycles. The van der Waals surface area contributed by atoms with E-state index >= 15 is 0 Å². The van der Waals surface area contributed by atoms with Gasteiger partial charge in [0.05, 0.1) is 10.7 Å². The summed E-state index contributed by atoms with van der Waals surface area (Å²) < 4.78 is 23.5. The fraction of sp³-hybridized carbons (Fsp3) is 0.263. The Labute approximate surface area is 156 Å². The van der Waals surface area contributed by atoms with E-state index < -0.39 is 23.8 Å². The number of aryl methyl sites for hydroxylation is 2. The van der Waals surface area contributed by atoms with Crippen LogP contribution in [0.2, 0.25) is 5.02 Å². The average molecular weight is 380 g/mol. The molecule has 0 aromatic heterocycles. The fourth-order valence-corrected chi connectivity index (χ4v) is 2.32. The molecule has 1 amide bonds. The van der Waals surface area contributed by atoms with Gasteiger partial charge in [0.1, 0.15) is 11.6 Å². The minimum atomic E-state index is -1.06. The molecule has 0 bridgehead atoms. The molecule has 0 unspecified atom stereocenters. The van der Waals surface area contributed by atoms with E-state index in [0.717, 1.165) is 23.3 Å². The van der Waals surface area contributed by atoms with E-state index in [1.54, 1.807) is 0 Å². The molecule has 0 radical (unpaired) electrons. The third-order valence-corrected chi connectivity index (χ3v) is 3.87. The van der Waals surface area contributed by atoms with Crippen LogP contribution in [0, 0.1) is 19.7 Å². The van der Waals surface area contributed by atoms with Gasteiger partial charge in [-0.2, -0.15) is 0 Å². The molecule has 0 aliphatic heterocycles. The van der Waals surface area contributed by atoms with Crippen LogP contribution in [0.5, 0.6) is 5.75 Å². The van der Waals surface area contributed by atoms with Crippen molar-refractivity contribution in [2.45, 2.75) is 26.9 Å². The number of hydrogen-bond acceptors (Lipinski definition) is 4. The Morgan fingerprint density at radius 2 is 1.92 bits per heavy atom. The Hall–Kier alpha value is -2.60. The first kappa shape index (κ1) is 19.7. The third-order valence-electron chi connectivity index (χ3n) is 3.56. The summed E-state index contributed by atoms with van der Waals surface area (Å²) in [5.74, 6) is -1.20. The van der Waals surface area contributed by atoms with Crippen LogP contribution < -0.4 is 10.1 Å². The van der Waals surface area contributed by atoms with Crippen LogP contribution in [0.3, 0.4) is 0 Å². The second kappa shape index (κ2) is 8.67. The number of ether oxygens (including phenoxy) is 2. The molecule has 0 spiro atoms. The Morgan fingerprint density at radius 1 is 1.19 bits per heavy atom. The predicted octanol–water partition coefficient (Wildman–Crippen LogP) is 4.05. The number of halogens is 2. The highest BCUT2D eigenvalue weighted by atomic mass is 35.5. The lowest BCUT2D eigenvalue weighted by Crippen LogP contribution is -2.31. The van der Waals surface area contributed by atoms with Crippen LogP contribution in [-0.4, -0.2) is 24.6 Å². The van der Waals surface area contributed by atoms with E-state index in [9.17, 15) is 14.0 Å². The van der Waals surface area contributed by atoms with Gasteiger partial charge in [-0.3, -0.25) is 4.79 Å². The number of benzene rings is 2. The molecule has 7 heteroatoms. The molecule has 138 valence electrons. The van der Waals surface area contributed by atoms with Gasteiger partial charge in [-0.1, -0.05) is 23.7 Å². The van der Waals surface area contributed by atoms with Crippen molar-refractivity contribution in [3.63, 3.8) is 0 Å². The van der Waals surface area contributed by atoms with Crippen molar-refractivity contribution in [2.75, 3.05) is 11.9 Å². The van der Waals surface area contributed by atoms with Crippen LogP contribution in [0.25, 0.3) is 0 Å². The van der Waals surface area contributed by atoms with Gasteiger partial charge < -0.3 is 14.8 Å². The molecule has 2 aromatic rings. The van der Waals surface area contributed by atoms with Gasteiger partial charge in [-0.15, -0.1) is 0 Å². The molecule has 0 aliphatic rings. The standard InChI is InChI=1S/C19H19ClFNO4/c1-11-4-5-12(2)17(8-11)25-10-18(23)26-13(3)19(24)22-16-7-6-14(21)9-15(16)20/h4-9,13H,10H2,1-3H3,(H,22,24)/t13-/m1/s1. The minimum absolute atomic E-state index is 0.0510. The zero-order chi connectivity index (χ0) is 19.3. The van der Waals surface area contributed by atoms with Crippen molar-refractivity contribution >= 4 is 29.2 Å². The normalized spacial score (nSPS) is 11.6. The second-order valence-corrected chi connectivity index (χ2v) is 6.21. The van der Waals surface area contributed by atoms with Gasteiger partial charge in [0.25, 0.3) is 5.91 Å². The number of hydrogen-bond donors (Lipinski definition) is 1. The van der Waals surface area contributed by atoms with E-state index in [2.05, 4.69) is 5.32 Å². The lowest BCUT2D eigenvalue weighted by Gasteiger charge is -2.15. The molecule has 1 N–H and O–H groups in total. The van der Waals surface area contributed by atoms with Crippen LogP contribution in [0.15, 0.2) is 36.4 Å². The fourth-order valence-electron chi connectivity index (χ4n) is 2.11. The summed E-state index contributed by atoms with van der Waals surface area (Å²) in [6.45, 7) is 4.88. The van der Waals surface area contributed by atoms with E-state index in [1.165, 1.54) is 13.0 Å². The summed E-state index contributed by atoms with van der Waals surface area (Å²) in [7, 11) is 0. The van der Waals surface area contributed by atoms with Crippen LogP contribution in [-0.2, 0) is 14.3 Å². The number of carbonyl (C=O) groups excluding carboxylic acids is 2. The van der Waals surface area contributed by atoms with Crippen molar-refractivity contribution in [3.05, 3.63) is 58.4 Å². The Balaban J connectivity index is 1.87. The summed E-state index contributed by atoms with van der Waals surface area (Å²) in [5.41, 5.74) is 2.12. The lowest BCUT2D eigenvalue weighted by molar-refractivity contribution is -0.155. The minimum Gasteiger partial charge on any atom is -0.482 e. The van der Waals surface area contributed by atoms with E-state index in [-0.39, 0.29) is 17.3 Å². The molecular formula is C19H19ClFNO4. The molecule has 5 nitrogen and oxygen atoms in total. The molecule has 1 atom stereocenters. The lowest BCUT2D eigenvalue weighted by atomic mass is 10.1. The smallest absolute Gasteiger partial charge is 0.344 e. The van der Waals surface area contributed by atoms with Crippen molar-refractivity contribution < 1.29 is 23.5 Å². The predicted molar refractivity (Wildman–Crippen MR) is 97.0 cm³/mol. The summed E-state index contributed by atoms with van der Waals surface area (Å²) in [6, 6.07) is 9.21. The van der Waals surface area contributed by atoms with Crippen LogP contribution in [0.4, 0.5) is 10.1 Å². The van der Waals surface area contributed by atoms with Crippen LogP contribution in [0.1, 0.15) is 18.1 Å². The number of amides is 1. The van der Waals surface area contributed by atoms with Crippen molar-refractivity contribution in [2.24, 2.45) is 0 Å². The molecule has 0 fully saturated rings. The Bertz CT molecular complexity index is 825. The highest BCUT2D eigenvalue weighted by molar-refractivity contribution is 6.33.